The fourth-order valence-corrected chi connectivity index (χ4v) is 3.33. The first-order chi connectivity index (χ1) is 8.97. The molecule has 3 N–H and O–H groups in total. The lowest BCUT2D eigenvalue weighted by molar-refractivity contribution is 0.253. The molecular weight excluding hydrogens is 266 g/mol. The van der Waals surface area contributed by atoms with Crippen molar-refractivity contribution in [3.63, 3.8) is 0 Å². The molecule has 104 valence electrons. The third kappa shape index (κ3) is 3.44. The van der Waals surface area contributed by atoms with E-state index in [-0.39, 0.29) is 23.7 Å². The second-order valence-electron chi connectivity index (χ2n) is 3.99. The van der Waals surface area contributed by atoms with Crippen molar-refractivity contribution < 1.29 is 13.5 Å². The Morgan fingerprint density at radius 2 is 2.11 bits per heavy atom. The van der Waals surface area contributed by atoms with Gasteiger partial charge >= 0.3 is 0 Å². The molecule has 0 aromatic heterocycles. The van der Waals surface area contributed by atoms with Gasteiger partial charge in [0, 0.05) is 13.1 Å². The van der Waals surface area contributed by atoms with E-state index in [1.807, 2.05) is 13.0 Å². The smallest absolute Gasteiger partial charge is 0.245 e. The highest BCUT2D eigenvalue weighted by molar-refractivity contribution is 7.89. The molecule has 0 aliphatic heterocycles. The minimum Gasteiger partial charge on any atom is -0.398 e. The van der Waals surface area contributed by atoms with Gasteiger partial charge < -0.3 is 10.8 Å². The standard InChI is InChI=1S/C12H17N3O3S/c1-2-5-15(6-7-16)19(17,18)12-4-3-10(9-13)8-11(12)14/h3-4,8,16H,2,5-7,14H2,1H3. The third-order valence-corrected chi connectivity index (χ3v) is 4.55. The van der Waals surface area contributed by atoms with Crippen LogP contribution in [0.5, 0.6) is 0 Å². The molecule has 0 atom stereocenters. The van der Waals surface area contributed by atoms with E-state index in [1.54, 1.807) is 0 Å². The average molecular weight is 283 g/mol. The summed E-state index contributed by atoms with van der Waals surface area (Å²) in [7, 11) is -3.74. The van der Waals surface area contributed by atoms with Gasteiger partial charge in [0.2, 0.25) is 10.0 Å². The lowest BCUT2D eigenvalue weighted by Crippen LogP contribution is -2.34. The molecule has 1 aromatic carbocycles. The zero-order valence-corrected chi connectivity index (χ0v) is 11.5. The van der Waals surface area contributed by atoms with E-state index >= 15 is 0 Å². The number of nitriles is 1. The third-order valence-electron chi connectivity index (χ3n) is 2.58. The Labute approximate surface area is 113 Å². The largest absolute Gasteiger partial charge is 0.398 e. The molecule has 19 heavy (non-hydrogen) atoms. The fourth-order valence-electron chi connectivity index (χ4n) is 1.71. The quantitative estimate of drug-likeness (QED) is 0.741. The van der Waals surface area contributed by atoms with E-state index in [2.05, 4.69) is 0 Å². The van der Waals surface area contributed by atoms with Crippen molar-refractivity contribution in [1.29, 1.82) is 5.26 Å². The molecule has 0 bridgehead atoms. The summed E-state index contributed by atoms with van der Waals surface area (Å²) in [6, 6.07) is 5.96. The maximum atomic E-state index is 12.4. The Bertz CT molecular complexity index is 572. The Kier molecular flexibility index (Phi) is 5.30. The molecule has 0 saturated heterocycles. The van der Waals surface area contributed by atoms with Crippen molar-refractivity contribution in [3.8, 4) is 6.07 Å². The van der Waals surface area contributed by atoms with Crippen LogP contribution in [0.25, 0.3) is 0 Å². The zero-order valence-electron chi connectivity index (χ0n) is 10.7. The van der Waals surface area contributed by atoms with Crippen LogP contribution < -0.4 is 5.73 Å². The van der Waals surface area contributed by atoms with Crippen LogP contribution in [0.3, 0.4) is 0 Å². The van der Waals surface area contributed by atoms with Crippen molar-refractivity contribution in [3.05, 3.63) is 23.8 Å². The molecule has 1 aromatic rings. The first-order valence-electron chi connectivity index (χ1n) is 5.88. The topological polar surface area (TPSA) is 107 Å². The van der Waals surface area contributed by atoms with E-state index in [9.17, 15) is 8.42 Å². The number of aliphatic hydroxyl groups excluding tert-OH is 1. The summed E-state index contributed by atoms with van der Waals surface area (Å²) in [4.78, 5) is -0.0339. The van der Waals surface area contributed by atoms with E-state index in [4.69, 9.17) is 16.1 Å². The van der Waals surface area contributed by atoms with E-state index in [0.29, 0.717) is 18.5 Å². The number of nitrogen functional groups attached to an aromatic ring is 1. The molecule has 6 nitrogen and oxygen atoms in total. The monoisotopic (exact) mass is 283 g/mol. The first kappa shape index (κ1) is 15.4. The minimum absolute atomic E-state index is 0.0234. The fraction of sp³-hybridized carbons (Fsp3) is 0.417. The number of aliphatic hydroxyl groups is 1. The maximum absolute atomic E-state index is 12.4. The van der Waals surface area contributed by atoms with Crippen LogP contribution in [-0.2, 0) is 10.0 Å². The minimum atomic E-state index is -3.74. The number of nitrogens with two attached hydrogens (primary N) is 1. The molecule has 0 heterocycles. The normalized spacial score (nSPS) is 11.5. The second kappa shape index (κ2) is 6.52. The highest BCUT2D eigenvalue weighted by Gasteiger charge is 2.25. The molecule has 0 amide bonds. The van der Waals surface area contributed by atoms with Crippen LogP contribution in [0.1, 0.15) is 18.9 Å². The van der Waals surface area contributed by atoms with Crippen molar-refractivity contribution in [1.82, 2.24) is 4.31 Å². The second-order valence-corrected chi connectivity index (χ2v) is 5.90. The summed E-state index contributed by atoms with van der Waals surface area (Å²) >= 11 is 0. The Hall–Kier alpha value is -1.62. The summed E-state index contributed by atoms with van der Waals surface area (Å²) in [6.45, 7) is 1.93. The van der Waals surface area contributed by atoms with Gasteiger partial charge in [-0.3, -0.25) is 0 Å². The SMILES string of the molecule is CCCN(CCO)S(=O)(=O)c1ccc(C#N)cc1N. The van der Waals surface area contributed by atoms with E-state index in [1.165, 1.54) is 22.5 Å². The molecule has 0 unspecified atom stereocenters. The van der Waals surface area contributed by atoms with Gasteiger partial charge in [-0.25, -0.2) is 8.42 Å². The summed E-state index contributed by atoms with van der Waals surface area (Å²) in [5.74, 6) is 0. The van der Waals surface area contributed by atoms with Gasteiger partial charge in [0.1, 0.15) is 4.90 Å². The number of rotatable bonds is 6. The number of hydrogen-bond acceptors (Lipinski definition) is 5. The molecular formula is C12H17N3O3S. The van der Waals surface area contributed by atoms with Crippen LogP contribution in [0.15, 0.2) is 23.1 Å². The molecule has 0 radical (unpaired) electrons. The average Bonchev–Trinajstić information content (AvgIpc) is 2.38. The van der Waals surface area contributed by atoms with Crippen LogP contribution in [-0.4, -0.2) is 37.5 Å². The summed E-state index contributed by atoms with van der Waals surface area (Å²) in [5, 5.41) is 17.7. The molecule has 7 heteroatoms. The zero-order chi connectivity index (χ0) is 14.5. The van der Waals surface area contributed by atoms with Crippen molar-refractivity contribution >= 4 is 15.7 Å². The van der Waals surface area contributed by atoms with Gasteiger partial charge in [0.15, 0.2) is 0 Å². The molecule has 0 aliphatic carbocycles. The van der Waals surface area contributed by atoms with Crippen molar-refractivity contribution in [2.24, 2.45) is 0 Å². The van der Waals surface area contributed by atoms with Gasteiger partial charge in [-0.05, 0) is 24.6 Å². The summed E-state index contributed by atoms with van der Waals surface area (Å²) < 4.78 is 26.0. The molecule has 0 aliphatic rings. The number of sulfonamides is 1. The summed E-state index contributed by atoms with van der Waals surface area (Å²) in [6.07, 6.45) is 0.634. The maximum Gasteiger partial charge on any atom is 0.245 e. The predicted octanol–water partition coefficient (Wildman–Crippen LogP) is 0.533. The van der Waals surface area contributed by atoms with Crippen molar-refractivity contribution in [2.75, 3.05) is 25.4 Å². The Balaban J connectivity index is 3.22. The van der Waals surface area contributed by atoms with Crippen LogP contribution in [0.4, 0.5) is 5.69 Å². The molecule has 0 fully saturated rings. The van der Waals surface area contributed by atoms with Crippen molar-refractivity contribution in [2.45, 2.75) is 18.2 Å². The van der Waals surface area contributed by atoms with Gasteiger partial charge in [0.25, 0.3) is 0 Å². The number of hydrogen-bond donors (Lipinski definition) is 2. The van der Waals surface area contributed by atoms with E-state index < -0.39 is 10.0 Å². The molecule has 0 saturated carbocycles. The van der Waals surface area contributed by atoms with Crippen LogP contribution >= 0.6 is 0 Å². The number of nitrogens with zero attached hydrogens (tertiary/aromatic N) is 2. The molecule has 0 spiro atoms. The van der Waals surface area contributed by atoms with Crippen LogP contribution in [0.2, 0.25) is 0 Å². The van der Waals surface area contributed by atoms with Gasteiger partial charge in [-0.2, -0.15) is 9.57 Å². The highest BCUT2D eigenvalue weighted by atomic mass is 32.2. The number of benzene rings is 1. The molecule has 1 rings (SSSR count). The first-order valence-corrected chi connectivity index (χ1v) is 7.32. The Morgan fingerprint density at radius 1 is 1.42 bits per heavy atom. The van der Waals surface area contributed by atoms with Gasteiger partial charge in [0.05, 0.1) is 23.9 Å². The van der Waals surface area contributed by atoms with Gasteiger partial charge in [-0.1, -0.05) is 6.92 Å². The Morgan fingerprint density at radius 3 is 2.58 bits per heavy atom. The van der Waals surface area contributed by atoms with Gasteiger partial charge in [-0.15, -0.1) is 0 Å². The number of anilines is 1. The summed E-state index contributed by atoms with van der Waals surface area (Å²) in [5.41, 5.74) is 6.04. The predicted molar refractivity (Wildman–Crippen MR) is 71.7 cm³/mol. The lowest BCUT2D eigenvalue weighted by atomic mass is 10.2. The lowest BCUT2D eigenvalue weighted by Gasteiger charge is -2.21. The highest BCUT2D eigenvalue weighted by Crippen LogP contribution is 2.23. The van der Waals surface area contributed by atoms with Crippen LogP contribution in [0, 0.1) is 11.3 Å². The van der Waals surface area contributed by atoms with E-state index in [0.717, 1.165) is 0 Å².